The highest BCUT2D eigenvalue weighted by atomic mass is 16.5. The maximum atomic E-state index is 12.1. The van der Waals surface area contributed by atoms with Gasteiger partial charge in [0, 0.05) is 18.7 Å². The van der Waals surface area contributed by atoms with Crippen LogP contribution >= 0.6 is 0 Å². The third kappa shape index (κ3) is 5.73. The summed E-state index contributed by atoms with van der Waals surface area (Å²) in [4.78, 5) is 14.4. The minimum absolute atomic E-state index is 0.0456. The highest BCUT2D eigenvalue weighted by molar-refractivity contribution is 5.98. The van der Waals surface area contributed by atoms with Gasteiger partial charge in [0.2, 0.25) is 0 Å². The highest BCUT2D eigenvalue weighted by Gasteiger charge is 2.09. The Morgan fingerprint density at radius 2 is 2.00 bits per heavy atom. The van der Waals surface area contributed by atoms with Gasteiger partial charge in [-0.1, -0.05) is 13.8 Å². The normalized spacial score (nSPS) is 10.9. The Balaban J connectivity index is 2.43. The van der Waals surface area contributed by atoms with Crippen LogP contribution in [-0.2, 0) is 0 Å². The standard InChI is InChI=1S/C16H27N3O2/c1-4-19(5-2)10-9-18-12-15(20)13-7-8-16(21-6-3)14(17)11-13/h7-8,11,18H,4-6,9-10,12,17H2,1-3H3. The molecule has 0 aliphatic heterocycles. The van der Waals surface area contributed by atoms with Crippen LogP contribution in [0.1, 0.15) is 31.1 Å². The summed E-state index contributed by atoms with van der Waals surface area (Å²) in [5.74, 6) is 0.674. The topological polar surface area (TPSA) is 67.6 Å². The second-order valence-corrected chi connectivity index (χ2v) is 4.81. The lowest BCUT2D eigenvalue weighted by Crippen LogP contribution is -2.34. The van der Waals surface area contributed by atoms with Crippen LogP contribution in [0.2, 0.25) is 0 Å². The van der Waals surface area contributed by atoms with Crippen LogP contribution < -0.4 is 15.8 Å². The lowest BCUT2D eigenvalue weighted by atomic mass is 10.1. The first kappa shape index (κ1) is 17.5. The SMILES string of the molecule is CCOc1ccc(C(=O)CNCCN(CC)CC)cc1N. The Kier molecular flexibility index (Phi) is 7.79. The van der Waals surface area contributed by atoms with Gasteiger partial charge in [-0.3, -0.25) is 4.79 Å². The van der Waals surface area contributed by atoms with E-state index in [4.69, 9.17) is 10.5 Å². The lowest BCUT2D eigenvalue weighted by Gasteiger charge is -2.17. The minimum atomic E-state index is 0.0456. The van der Waals surface area contributed by atoms with Gasteiger partial charge >= 0.3 is 0 Å². The number of hydrogen-bond donors (Lipinski definition) is 2. The van der Waals surface area contributed by atoms with E-state index in [1.807, 2.05) is 6.92 Å². The van der Waals surface area contributed by atoms with Crippen molar-refractivity contribution in [3.05, 3.63) is 23.8 Å². The van der Waals surface area contributed by atoms with Gasteiger partial charge in [-0.05, 0) is 38.2 Å². The molecule has 21 heavy (non-hydrogen) atoms. The molecule has 0 spiro atoms. The Morgan fingerprint density at radius 1 is 1.29 bits per heavy atom. The van der Waals surface area contributed by atoms with Crippen molar-refractivity contribution in [1.82, 2.24) is 10.2 Å². The van der Waals surface area contributed by atoms with Gasteiger partial charge in [0.1, 0.15) is 5.75 Å². The van der Waals surface area contributed by atoms with E-state index in [1.165, 1.54) is 0 Å². The van der Waals surface area contributed by atoms with Crippen LogP contribution in [-0.4, -0.2) is 50.0 Å². The van der Waals surface area contributed by atoms with Crippen LogP contribution in [0.5, 0.6) is 5.75 Å². The maximum absolute atomic E-state index is 12.1. The van der Waals surface area contributed by atoms with Crippen molar-refractivity contribution >= 4 is 11.5 Å². The summed E-state index contributed by atoms with van der Waals surface area (Å²) in [6, 6.07) is 5.19. The molecule has 0 aliphatic carbocycles. The summed E-state index contributed by atoms with van der Waals surface area (Å²) in [7, 11) is 0. The third-order valence-corrected chi connectivity index (χ3v) is 3.42. The van der Waals surface area contributed by atoms with E-state index in [2.05, 4.69) is 24.1 Å². The molecule has 1 aromatic rings. The Bertz CT molecular complexity index is 445. The number of nitrogens with two attached hydrogens (primary N) is 1. The monoisotopic (exact) mass is 293 g/mol. The number of Topliss-reactive ketones (excluding diaryl/α,β-unsaturated/α-hetero) is 1. The number of ketones is 1. The molecule has 0 amide bonds. The molecule has 0 saturated carbocycles. The molecule has 1 rings (SSSR count). The molecule has 118 valence electrons. The molecule has 5 heteroatoms. The summed E-state index contributed by atoms with van der Waals surface area (Å²) in [6.07, 6.45) is 0. The van der Waals surface area contributed by atoms with Crippen molar-refractivity contribution in [3.63, 3.8) is 0 Å². The molecule has 0 heterocycles. The fourth-order valence-electron chi connectivity index (χ4n) is 2.09. The molecule has 0 aromatic heterocycles. The third-order valence-electron chi connectivity index (χ3n) is 3.42. The van der Waals surface area contributed by atoms with E-state index in [0.717, 1.165) is 26.2 Å². The number of nitrogens with zero attached hydrogens (tertiary/aromatic N) is 1. The van der Waals surface area contributed by atoms with Crippen LogP contribution in [0.4, 0.5) is 5.69 Å². The molecule has 0 unspecified atom stereocenters. The fraction of sp³-hybridized carbons (Fsp3) is 0.562. The number of nitrogen functional groups attached to an aromatic ring is 1. The Labute approximate surface area is 127 Å². The van der Waals surface area contributed by atoms with E-state index in [-0.39, 0.29) is 5.78 Å². The maximum Gasteiger partial charge on any atom is 0.176 e. The van der Waals surface area contributed by atoms with Crippen molar-refractivity contribution in [1.29, 1.82) is 0 Å². The number of carbonyl (C=O) groups excluding carboxylic acids is 1. The van der Waals surface area contributed by atoms with Crippen molar-refractivity contribution in [2.45, 2.75) is 20.8 Å². The van der Waals surface area contributed by atoms with Crippen molar-refractivity contribution < 1.29 is 9.53 Å². The zero-order valence-electron chi connectivity index (χ0n) is 13.3. The number of hydrogen-bond acceptors (Lipinski definition) is 5. The fourth-order valence-corrected chi connectivity index (χ4v) is 2.09. The lowest BCUT2D eigenvalue weighted by molar-refractivity contribution is 0.0990. The van der Waals surface area contributed by atoms with E-state index in [9.17, 15) is 4.79 Å². The molecule has 3 N–H and O–H groups in total. The predicted molar refractivity (Wildman–Crippen MR) is 87.0 cm³/mol. The molecular weight excluding hydrogens is 266 g/mol. The quantitative estimate of drug-likeness (QED) is 0.391. The Hall–Kier alpha value is -1.59. The predicted octanol–water partition coefficient (Wildman–Crippen LogP) is 1.78. The van der Waals surface area contributed by atoms with Crippen LogP contribution in [0.25, 0.3) is 0 Å². The first-order chi connectivity index (χ1) is 10.1. The van der Waals surface area contributed by atoms with E-state index in [1.54, 1.807) is 18.2 Å². The van der Waals surface area contributed by atoms with Gasteiger partial charge in [0.25, 0.3) is 0 Å². The molecule has 0 radical (unpaired) electrons. The highest BCUT2D eigenvalue weighted by Crippen LogP contribution is 2.22. The van der Waals surface area contributed by atoms with Gasteiger partial charge in [0.15, 0.2) is 5.78 Å². The first-order valence-corrected chi connectivity index (χ1v) is 7.60. The largest absolute Gasteiger partial charge is 0.492 e. The van der Waals surface area contributed by atoms with Crippen molar-refractivity contribution in [3.8, 4) is 5.75 Å². The van der Waals surface area contributed by atoms with Gasteiger partial charge in [0.05, 0.1) is 18.8 Å². The molecule has 0 saturated heterocycles. The average molecular weight is 293 g/mol. The zero-order valence-corrected chi connectivity index (χ0v) is 13.3. The molecule has 5 nitrogen and oxygen atoms in total. The number of likely N-dealkylation sites (N-methyl/N-ethyl adjacent to an activating group) is 1. The summed E-state index contributed by atoms with van der Waals surface area (Å²) in [5.41, 5.74) is 6.99. The molecule has 1 aromatic carbocycles. The van der Waals surface area contributed by atoms with Crippen LogP contribution in [0.15, 0.2) is 18.2 Å². The van der Waals surface area contributed by atoms with Crippen LogP contribution in [0, 0.1) is 0 Å². The first-order valence-electron chi connectivity index (χ1n) is 7.60. The number of carbonyl (C=O) groups is 1. The second-order valence-electron chi connectivity index (χ2n) is 4.81. The van der Waals surface area contributed by atoms with Gasteiger partial charge in [-0.25, -0.2) is 0 Å². The number of anilines is 1. The van der Waals surface area contributed by atoms with Gasteiger partial charge in [-0.2, -0.15) is 0 Å². The summed E-state index contributed by atoms with van der Waals surface area (Å²) < 4.78 is 5.36. The summed E-state index contributed by atoms with van der Waals surface area (Å²) in [6.45, 7) is 10.9. The minimum Gasteiger partial charge on any atom is -0.492 e. The van der Waals surface area contributed by atoms with Gasteiger partial charge in [-0.15, -0.1) is 0 Å². The summed E-state index contributed by atoms with van der Waals surface area (Å²) >= 11 is 0. The van der Waals surface area contributed by atoms with Crippen LogP contribution in [0.3, 0.4) is 0 Å². The van der Waals surface area contributed by atoms with Gasteiger partial charge < -0.3 is 20.7 Å². The van der Waals surface area contributed by atoms with E-state index in [0.29, 0.717) is 30.2 Å². The number of rotatable bonds is 10. The zero-order chi connectivity index (χ0) is 15.7. The number of nitrogens with one attached hydrogen (secondary N) is 1. The van der Waals surface area contributed by atoms with Crippen molar-refractivity contribution in [2.75, 3.05) is 45.1 Å². The average Bonchev–Trinajstić information content (AvgIpc) is 2.49. The van der Waals surface area contributed by atoms with E-state index < -0.39 is 0 Å². The molecule has 0 bridgehead atoms. The number of benzene rings is 1. The van der Waals surface area contributed by atoms with E-state index >= 15 is 0 Å². The smallest absolute Gasteiger partial charge is 0.176 e. The van der Waals surface area contributed by atoms with Crippen molar-refractivity contribution in [2.24, 2.45) is 0 Å². The second kappa shape index (κ2) is 9.37. The molecular formula is C16H27N3O2. The number of ether oxygens (including phenoxy) is 1. The molecule has 0 aliphatic rings. The summed E-state index contributed by atoms with van der Waals surface area (Å²) in [5, 5.41) is 3.18. The Morgan fingerprint density at radius 3 is 2.57 bits per heavy atom. The molecule has 0 atom stereocenters. The molecule has 0 fully saturated rings.